The fraction of sp³-hybridized carbons (Fsp3) is 0.667. The minimum absolute atomic E-state index is 0.182. The lowest BCUT2D eigenvalue weighted by molar-refractivity contribution is 0.0315. The molecule has 0 aromatic carbocycles. The molecule has 1 aromatic heterocycles. The van der Waals surface area contributed by atoms with Gasteiger partial charge in [-0.15, -0.1) is 0 Å². The fourth-order valence-electron chi connectivity index (χ4n) is 2.03. The van der Waals surface area contributed by atoms with Crippen LogP contribution in [-0.2, 0) is 4.74 Å². The highest BCUT2D eigenvalue weighted by atomic mass is 16.5. The summed E-state index contributed by atoms with van der Waals surface area (Å²) in [5, 5.41) is 3.41. The van der Waals surface area contributed by atoms with E-state index in [1.165, 1.54) is 25.1 Å². The van der Waals surface area contributed by atoms with E-state index in [-0.39, 0.29) is 6.10 Å². The van der Waals surface area contributed by atoms with Crippen molar-refractivity contribution in [3.05, 3.63) is 24.0 Å². The van der Waals surface area contributed by atoms with Crippen molar-refractivity contribution in [2.75, 3.05) is 19.7 Å². The molecule has 1 aromatic rings. The molecule has 1 saturated heterocycles. The summed E-state index contributed by atoms with van der Waals surface area (Å²) in [6.45, 7) is 5.25. The molecule has 0 bridgehead atoms. The zero-order valence-corrected chi connectivity index (χ0v) is 9.33. The predicted molar refractivity (Wildman–Crippen MR) is 60.8 cm³/mol. The summed E-state index contributed by atoms with van der Waals surface area (Å²) in [6.07, 6.45) is 4.70. The summed E-state index contributed by atoms with van der Waals surface area (Å²) < 4.78 is 5.85. The molecule has 15 heavy (non-hydrogen) atoms. The lowest BCUT2D eigenvalue weighted by atomic mass is 10.0. The van der Waals surface area contributed by atoms with E-state index >= 15 is 0 Å². The predicted octanol–water partition coefficient (Wildman–Crippen LogP) is 2.09. The summed E-state index contributed by atoms with van der Waals surface area (Å²) in [5.74, 6) is 0.691. The van der Waals surface area contributed by atoms with Crippen molar-refractivity contribution in [2.45, 2.75) is 25.9 Å². The lowest BCUT2D eigenvalue weighted by Gasteiger charge is -2.24. The molecule has 1 aliphatic rings. The molecule has 0 aliphatic carbocycles. The van der Waals surface area contributed by atoms with Gasteiger partial charge in [0.25, 0.3) is 0 Å². The van der Waals surface area contributed by atoms with Crippen LogP contribution in [0.1, 0.15) is 31.6 Å². The van der Waals surface area contributed by atoms with Crippen LogP contribution >= 0.6 is 0 Å². The number of hydrogen-bond donors (Lipinski definition) is 2. The molecule has 1 fully saturated rings. The SMILES string of the molecule is C[C@H](OC[C@H]1CCCNC1)c1ccc[nH]1. The Morgan fingerprint density at radius 2 is 2.53 bits per heavy atom. The maximum Gasteiger partial charge on any atom is 0.0944 e. The van der Waals surface area contributed by atoms with Crippen LogP contribution < -0.4 is 5.32 Å². The topological polar surface area (TPSA) is 37.0 Å². The van der Waals surface area contributed by atoms with E-state index in [1.807, 2.05) is 12.3 Å². The molecule has 0 spiro atoms. The van der Waals surface area contributed by atoms with E-state index in [0.29, 0.717) is 5.92 Å². The van der Waals surface area contributed by atoms with Crippen LogP contribution in [0.15, 0.2) is 18.3 Å². The van der Waals surface area contributed by atoms with Gasteiger partial charge >= 0.3 is 0 Å². The van der Waals surface area contributed by atoms with Crippen LogP contribution in [0.3, 0.4) is 0 Å². The Labute approximate surface area is 91.2 Å². The normalized spacial score (nSPS) is 23.9. The largest absolute Gasteiger partial charge is 0.372 e. The first-order valence-electron chi connectivity index (χ1n) is 5.82. The van der Waals surface area contributed by atoms with Crippen molar-refractivity contribution in [1.82, 2.24) is 10.3 Å². The van der Waals surface area contributed by atoms with Crippen LogP contribution in [0.2, 0.25) is 0 Å². The molecular formula is C12H20N2O. The number of aromatic amines is 1. The summed E-state index contributed by atoms with van der Waals surface area (Å²) in [6, 6.07) is 4.08. The van der Waals surface area contributed by atoms with Crippen molar-refractivity contribution >= 4 is 0 Å². The van der Waals surface area contributed by atoms with Gasteiger partial charge in [0.2, 0.25) is 0 Å². The number of H-pyrrole nitrogens is 1. The standard InChI is InChI=1S/C12H20N2O/c1-10(12-5-3-7-14-12)15-9-11-4-2-6-13-8-11/h3,5,7,10-11,13-14H,2,4,6,8-9H2,1H3/t10-,11-/m0/s1. The second kappa shape index (κ2) is 5.33. The third-order valence-electron chi connectivity index (χ3n) is 3.04. The highest BCUT2D eigenvalue weighted by Crippen LogP contribution is 2.17. The molecular weight excluding hydrogens is 188 g/mol. The van der Waals surface area contributed by atoms with Gasteiger partial charge in [-0.25, -0.2) is 0 Å². The van der Waals surface area contributed by atoms with E-state index in [1.54, 1.807) is 0 Å². The van der Waals surface area contributed by atoms with Crippen molar-refractivity contribution in [3.63, 3.8) is 0 Å². The van der Waals surface area contributed by atoms with Crippen molar-refractivity contribution in [1.29, 1.82) is 0 Å². The quantitative estimate of drug-likeness (QED) is 0.795. The molecule has 1 aliphatic heterocycles. The maximum absolute atomic E-state index is 5.85. The van der Waals surface area contributed by atoms with Crippen LogP contribution in [-0.4, -0.2) is 24.7 Å². The maximum atomic E-state index is 5.85. The van der Waals surface area contributed by atoms with Gasteiger partial charge in [0.05, 0.1) is 12.7 Å². The zero-order valence-electron chi connectivity index (χ0n) is 9.33. The second-order valence-corrected chi connectivity index (χ2v) is 4.31. The zero-order chi connectivity index (χ0) is 10.5. The molecule has 0 unspecified atom stereocenters. The Kier molecular flexibility index (Phi) is 3.80. The molecule has 84 valence electrons. The van der Waals surface area contributed by atoms with E-state index in [0.717, 1.165) is 13.2 Å². The molecule has 2 N–H and O–H groups in total. The van der Waals surface area contributed by atoms with Crippen LogP contribution in [0.25, 0.3) is 0 Å². The monoisotopic (exact) mass is 208 g/mol. The highest BCUT2D eigenvalue weighted by molar-refractivity contribution is 5.06. The Morgan fingerprint density at radius 3 is 3.20 bits per heavy atom. The molecule has 2 rings (SSSR count). The number of aromatic nitrogens is 1. The number of nitrogens with one attached hydrogen (secondary N) is 2. The van der Waals surface area contributed by atoms with Gasteiger partial charge in [-0.1, -0.05) is 0 Å². The molecule has 0 saturated carbocycles. The summed E-state index contributed by atoms with van der Waals surface area (Å²) in [4.78, 5) is 3.18. The fourth-order valence-corrected chi connectivity index (χ4v) is 2.03. The van der Waals surface area contributed by atoms with Gasteiger partial charge in [0.1, 0.15) is 0 Å². The Hall–Kier alpha value is -0.800. The third kappa shape index (κ3) is 3.08. The first-order valence-corrected chi connectivity index (χ1v) is 5.82. The van der Waals surface area contributed by atoms with E-state index in [4.69, 9.17) is 4.74 Å². The number of hydrogen-bond acceptors (Lipinski definition) is 2. The molecule has 0 radical (unpaired) electrons. The summed E-state index contributed by atoms with van der Waals surface area (Å²) in [7, 11) is 0. The summed E-state index contributed by atoms with van der Waals surface area (Å²) >= 11 is 0. The van der Waals surface area contributed by atoms with Crippen LogP contribution in [0, 0.1) is 5.92 Å². The Balaban J connectivity index is 1.73. The first kappa shape index (κ1) is 10.7. The van der Waals surface area contributed by atoms with Crippen molar-refractivity contribution < 1.29 is 4.74 Å². The van der Waals surface area contributed by atoms with Gasteiger partial charge in [-0.05, 0) is 44.4 Å². The van der Waals surface area contributed by atoms with Crippen LogP contribution in [0.4, 0.5) is 0 Å². The van der Waals surface area contributed by atoms with Gasteiger partial charge in [-0.2, -0.15) is 0 Å². The van der Waals surface area contributed by atoms with Gasteiger partial charge in [0, 0.05) is 18.4 Å². The molecule has 2 atom stereocenters. The Morgan fingerprint density at radius 1 is 1.60 bits per heavy atom. The van der Waals surface area contributed by atoms with E-state index < -0.39 is 0 Å². The van der Waals surface area contributed by atoms with Gasteiger partial charge in [0.15, 0.2) is 0 Å². The lowest BCUT2D eigenvalue weighted by Crippen LogP contribution is -2.32. The molecule has 3 heteroatoms. The minimum atomic E-state index is 0.182. The van der Waals surface area contributed by atoms with Crippen molar-refractivity contribution in [3.8, 4) is 0 Å². The third-order valence-corrected chi connectivity index (χ3v) is 3.04. The van der Waals surface area contributed by atoms with Gasteiger partial charge in [-0.3, -0.25) is 0 Å². The van der Waals surface area contributed by atoms with E-state index in [2.05, 4.69) is 23.3 Å². The van der Waals surface area contributed by atoms with Crippen LogP contribution in [0.5, 0.6) is 0 Å². The van der Waals surface area contributed by atoms with E-state index in [9.17, 15) is 0 Å². The number of rotatable bonds is 4. The molecule has 3 nitrogen and oxygen atoms in total. The summed E-state index contributed by atoms with van der Waals surface area (Å²) in [5.41, 5.74) is 1.17. The minimum Gasteiger partial charge on any atom is -0.372 e. The highest BCUT2D eigenvalue weighted by Gasteiger charge is 2.15. The molecule has 2 heterocycles. The average molecular weight is 208 g/mol. The number of piperidine rings is 1. The Bertz CT molecular complexity index is 265. The smallest absolute Gasteiger partial charge is 0.0944 e. The number of ether oxygens (including phenoxy) is 1. The average Bonchev–Trinajstić information content (AvgIpc) is 2.81. The molecule has 0 amide bonds. The van der Waals surface area contributed by atoms with Crippen molar-refractivity contribution in [2.24, 2.45) is 5.92 Å². The first-order chi connectivity index (χ1) is 7.36. The second-order valence-electron chi connectivity index (χ2n) is 4.31. The van der Waals surface area contributed by atoms with Gasteiger partial charge < -0.3 is 15.0 Å².